The number of rotatable bonds is 9. The van der Waals surface area contributed by atoms with Crippen LogP contribution in [-0.4, -0.2) is 34.1 Å². The average molecular weight is 402 g/mol. The first-order valence-corrected chi connectivity index (χ1v) is 8.98. The molecule has 4 N–H and O–H groups in total. The molecule has 0 unspecified atom stereocenters. The van der Waals surface area contributed by atoms with E-state index in [0.29, 0.717) is 36.0 Å². The lowest BCUT2D eigenvalue weighted by molar-refractivity contribution is -0.384. The van der Waals surface area contributed by atoms with E-state index in [0.717, 1.165) is 11.3 Å². The van der Waals surface area contributed by atoms with Crippen LogP contribution in [0.1, 0.15) is 28.7 Å². The highest BCUT2D eigenvalue weighted by Gasteiger charge is 2.19. The Morgan fingerprint density at radius 2 is 2.29 bits per heavy atom. The summed E-state index contributed by atoms with van der Waals surface area (Å²) in [4.78, 5) is 23.2. The fraction of sp³-hybridized carbons (Fsp3) is 0.235. The number of ether oxygens (including phenoxy) is 1. The summed E-state index contributed by atoms with van der Waals surface area (Å²) in [7, 11) is 0. The summed E-state index contributed by atoms with van der Waals surface area (Å²) in [6.07, 6.45) is 9.42. The number of nitro benzene ring substituents is 1. The number of nitrogens with two attached hydrogens (primary N) is 1. The molecule has 10 nitrogen and oxygen atoms in total. The molecule has 1 heterocycles. The maximum Gasteiger partial charge on any atom is 0.293 e. The molecule has 2 aromatic rings. The molecule has 1 aromatic carbocycles. The second-order valence-electron chi connectivity index (χ2n) is 5.30. The molecule has 0 spiro atoms. The molecule has 0 aliphatic carbocycles. The number of nitrogens with one attached hydrogen (secondary N) is 2. The van der Waals surface area contributed by atoms with Crippen LogP contribution in [0.15, 0.2) is 24.3 Å². The van der Waals surface area contributed by atoms with Gasteiger partial charge in [-0.25, -0.2) is 0 Å². The Morgan fingerprint density at radius 1 is 1.50 bits per heavy atom. The molecule has 0 atom stereocenters. The van der Waals surface area contributed by atoms with Gasteiger partial charge >= 0.3 is 0 Å². The number of hydrogen-bond acceptors (Lipinski definition) is 9. The van der Waals surface area contributed by atoms with Crippen molar-refractivity contribution in [1.29, 1.82) is 0 Å². The lowest BCUT2D eigenvalue weighted by Gasteiger charge is -2.08. The van der Waals surface area contributed by atoms with Gasteiger partial charge in [-0.2, -0.15) is 0 Å². The number of nitrogens with zero attached hydrogens (tertiary/aromatic N) is 3. The number of carbonyl (C=O) groups excluding carboxylic acids is 1. The van der Waals surface area contributed by atoms with E-state index < -0.39 is 10.8 Å². The molecule has 1 aromatic heterocycles. The summed E-state index contributed by atoms with van der Waals surface area (Å²) < 4.78 is 4.97. The van der Waals surface area contributed by atoms with Gasteiger partial charge in [-0.1, -0.05) is 17.8 Å². The van der Waals surface area contributed by atoms with Crippen LogP contribution < -0.4 is 16.4 Å². The minimum atomic E-state index is -0.556. The fourth-order valence-corrected chi connectivity index (χ4v) is 2.88. The molecule has 11 heteroatoms. The first-order valence-electron chi connectivity index (χ1n) is 8.16. The standard InChI is InChI=1S/C17H18N6O4S/c1-3-14(27-4-2)16-21-22-17(28-16)20-15(24)11-6-7-12(19-9-5-8-18)13(10-11)23(25)26/h2-3,6-7,10,19H,5,8-9,18H2,1H3,(H,20,22,24)/b14-3-. The van der Waals surface area contributed by atoms with E-state index in [1.165, 1.54) is 18.2 Å². The number of nitro groups is 1. The van der Waals surface area contributed by atoms with Gasteiger partial charge in [0.05, 0.1) is 4.92 Å². The second-order valence-corrected chi connectivity index (χ2v) is 6.27. The first-order chi connectivity index (χ1) is 13.5. The third-order valence-electron chi connectivity index (χ3n) is 3.44. The van der Waals surface area contributed by atoms with E-state index in [1.807, 2.05) is 6.11 Å². The Balaban J connectivity index is 2.16. The highest BCUT2D eigenvalue weighted by molar-refractivity contribution is 7.16. The van der Waals surface area contributed by atoms with Crippen molar-refractivity contribution in [2.45, 2.75) is 13.3 Å². The SMILES string of the molecule is C#CO/C(=C\C)c1nnc(NC(=O)c2ccc(NCCCN)c([N+](=O)[O-])c2)s1. The quantitative estimate of drug-likeness (QED) is 0.191. The molecular weight excluding hydrogens is 384 g/mol. The molecule has 0 fully saturated rings. The topological polar surface area (TPSA) is 145 Å². The van der Waals surface area contributed by atoms with Crippen molar-refractivity contribution in [3.8, 4) is 12.5 Å². The Bertz CT molecular complexity index is 934. The van der Waals surface area contributed by atoms with Crippen molar-refractivity contribution in [2.75, 3.05) is 23.7 Å². The van der Waals surface area contributed by atoms with E-state index in [-0.39, 0.29) is 16.4 Å². The maximum atomic E-state index is 12.4. The number of hydrogen-bond donors (Lipinski definition) is 3. The first kappa shape index (κ1) is 20.8. The number of benzene rings is 1. The molecule has 1 amide bonds. The van der Waals surface area contributed by atoms with Crippen LogP contribution in [0.5, 0.6) is 0 Å². The Labute approximate surface area is 164 Å². The Morgan fingerprint density at radius 3 is 2.93 bits per heavy atom. The predicted octanol–water partition coefficient (Wildman–Crippen LogP) is 2.43. The van der Waals surface area contributed by atoms with E-state index in [4.69, 9.17) is 16.9 Å². The number of anilines is 2. The van der Waals surface area contributed by atoms with Crippen LogP contribution in [0, 0.1) is 22.6 Å². The van der Waals surface area contributed by atoms with Crippen molar-refractivity contribution < 1.29 is 14.5 Å². The molecule has 0 radical (unpaired) electrons. The smallest absolute Gasteiger partial charge is 0.293 e. The molecule has 0 saturated heterocycles. The van der Waals surface area contributed by atoms with Crippen molar-refractivity contribution in [3.63, 3.8) is 0 Å². The lowest BCUT2D eigenvalue weighted by Crippen LogP contribution is -2.13. The van der Waals surface area contributed by atoms with Gasteiger partial charge in [0.15, 0.2) is 10.8 Å². The zero-order valence-electron chi connectivity index (χ0n) is 15.0. The second kappa shape index (κ2) is 10.0. The van der Waals surface area contributed by atoms with Crippen LogP contribution in [-0.2, 0) is 4.74 Å². The van der Waals surface area contributed by atoms with E-state index in [1.54, 1.807) is 13.0 Å². The van der Waals surface area contributed by atoms with Gasteiger partial charge in [-0.3, -0.25) is 20.2 Å². The van der Waals surface area contributed by atoms with Gasteiger partial charge in [0.1, 0.15) is 11.8 Å². The van der Waals surface area contributed by atoms with Crippen LogP contribution in [0.4, 0.5) is 16.5 Å². The van der Waals surface area contributed by atoms with Crippen LogP contribution >= 0.6 is 11.3 Å². The third-order valence-corrected chi connectivity index (χ3v) is 4.29. The van der Waals surface area contributed by atoms with Crippen molar-refractivity contribution in [2.24, 2.45) is 5.73 Å². The predicted molar refractivity (Wildman–Crippen MR) is 107 cm³/mol. The summed E-state index contributed by atoms with van der Waals surface area (Å²) in [6.45, 7) is 2.67. The van der Waals surface area contributed by atoms with Gasteiger partial charge < -0.3 is 15.8 Å². The maximum absolute atomic E-state index is 12.4. The van der Waals surface area contributed by atoms with Crippen molar-refractivity contribution >= 4 is 39.5 Å². The minimum absolute atomic E-state index is 0.110. The summed E-state index contributed by atoms with van der Waals surface area (Å²) >= 11 is 1.05. The number of aromatic nitrogens is 2. The van der Waals surface area contributed by atoms with Crippen molar-refractivity contribution in [3.05, 3.63) is 45.0 Å². The number of carbonyl (C=O) groups is 1. The number of amides is 1. The summed E-state index contributed by atoms with van der Waals surface area (Å²) in [5.74, 6) is -0.219. The molecule has 28 heavy (non-hydrogen) atoms. The largest absolute Gasteiger partial charge is 0.405 e. The summed E-state index contributed by atoms with van der Waals surface area (Å²) in [5.41, 5.74) is 5.64. The van der Waals surface area contributed by atoms with Gasteiger partial charge in [-0.15, -0.1) is 10.2 Å². The van der Waals surface area contributed by atoms with E-state index in [9.17, 15) is 14.9 Å². The molecule has 0 aliphatic heterocycles. The zero-order valence-corrected chi connectivity index (χ0v) is 15.8. The number of terminal acetylenes is 1. The van der Waals surface area contributed by atoms with Crippen LogP contribution in [0.2, 0.25) is 0 Å². The van der Waals surface area contributed by atoms with Crippen molar-refractivity contribution in [1.82, 2.24) is 10.2 Å². The normalized spacial score (nSPS) is 10.8. The van der Waals surface area contributed by atoms with Crippen LogP contribution in [0.25, 0.3) is 5.76 Å². The monoisotopic (exact) mass is 402 g/mol. The molecule has 0 saturated carbocycles. The zero-order chi connectivity index (χ0) is 20.5. The molecule has 0 aliphatic rings. The number of allylic oxidation sites excluding steroid dienone is 1. The van der Waals surface area contributed by atoms with Gasteiger partial charge in [0, 0.05) is 18.2 Å². The van der Waals surface area contributed by atoms with E-state index >= 15 is 0 Å². The third kappa shape index (κ3) is 5.26. The highest BCUT2D eigenvalue weighted by Crippen LogP contribution is 2.27. The Kier molecular flexibility index (Phi) is 7.44. The summed E-state index contributed by atoms with van der Waals surface area (Å²) in [6, 6.07) is 4.16. The average Bonchev–Trinajstić information content (AvgIpc) is 3.14. The molecule has 146 valence electrons. The van der Waals surface area contributed by atoms with Gasteiger partial charge in [-0.05, 0) is 38.1 Å². The highest BCUT2D eigenvalue weighted by atomic mass is 32.1. The fourth-order valence-electron chi connectivity index (χ4n) is 2.13. The Hall–Kier alpha value is -3.49. The molecule has 2 rings (SSSR count). The molecular formula is C17H18N6O4S. The minimum Gasteiger partial charge on any atom is -0.405 e. The lowest BCUT2D eigenvalue weighted by atomic mass is 10.1. The molecule has 0 bridgehead atoms. The van der Waals surface area contributed by atoms with E-state index in [2.05, 4.69) is 20.8 Å². The van der Waals surface area contributed by atoms with Gasteiger partial charge in [0.2, 0.25) is 5.13 Å². The summed E-state index contributed by atoms with van der Waals surface area (Å²) in [5, 5.41) is 25.1. The van der Waals surface area contributed by atoms with Gasteiger partial charge in [0.25, 0.3) is 11.6 Å². The van der Waals surface area contributed by atoms with Crippen LogP contribution in [0.3, 0.4) is 0 Å².